The number of nitrogens with one attached hydrogen (secondary N) is 1. The van der Waals surface area contributed by atoms with Crippen molar-refractivity contribution in [2.24, 2.45) is 0 Å². The molecule has 8 nitrogen and oxygen atoms in total. The SMILES string of the molecule is Cc1ccc(-n2cc(C(=O)N3CCCC(N4CCNCC4=O)C3)nn2)cc1. The normalized spacial score (nSPS) is 20.8. The molecular formula is C19H24N6O2. The second-order valence-electron chi connectivity index (χ2n) is 7.20. The van der Waals surface area contributed by atoms with Gasteiger partial charge in [-0.25, -0.2) is 4.68 Å². The zero-order chi connectivity index (χ0) is 18.8. The van der Waals surface area contributed by atoms with E-state index >= 15 is 0 Å². The van der Waals surface area contributed by atoms with E-state index in [0.29, 0.717) is 31.9 Å². The number of rotatable bonds is 3. The second-order valence-corrected chi connectivity index (χ2v) is 7.20. The molecule has 2 amide bonds. The largest absolute Gasteiger partial charge is 0.336 e. The van der Waals surface area contributed by atoms with E-state index in [1.807, 2.05) is 36.1 Å². The quantitative estimate of drug-likeness (QED) is 0.858. The molecule has 1 aromatic heterocycles. The first kappa shape index (κ1) is 17.7. The number of aryl methyl sites for hydroxylation is 1. The number of hydrogen-bond acceptors (Lipinski definition) is 5. The first-order valence-corrected chi connectivity index (χ1v) is 9.40. The van der Waals surface area contributed by atoms with Gasteiger partial charge in [0.25, 0.3) is 5.91 Å². The van der Waals surface area contributed by atoms with Gasteiger partial charge in [0.05, 0.1) is 18.4 Å². The topological polar surface area (TPSA) is 83.4 Å². The first-order valence-electron chi connectivity index (χ1n) is 9.40. The molecule has 2 aliphatic heterocycles. The highest BCUT2D eigenvalue weighted by Crippen LogP contribution is 2.19. The molecule has 0 aliphatic carbocycles. The lowest BCUT2D eigenvalue weighted by Gasteiger charge is -2.40. The van der Waals surface area contributed by atoms with Crippen molar-refractivity contribution in [1.82, 2.24) is 30.1 Å². The maximum Gasteiger partial charge on any atom is 0.276 e. The number of piperidine rings is 1. The van der Waals surface area contributed by atoms with Crippen LogP contribution in [0.1, 0.15) is 28.9 Å². The van der Waals surface area contributed by atoms with E-state index in [0.717, 1.165) is 30.6 Å². The summed E-state index contributed by atoms with van der Waals surface area (Å²) in [6.45, 7) is 5.16. The average Bonchev–Trinajstić information content (AvgIpc) is 3.18. The Morgan fingerprint density at radius 3 is 2.81 bits per heavy atom. The van der Waals surface area contributed by atoms with Crippen molar-refractivity contribution in [2.45, 2.75) is 25.8 Å². The number of hydrogen-bond donors (Lipinski definition) is 1. The molecule has 1 N–H and O–H groups in total. The monoisotopic (exact) mass is 368 g/mol. The van der Waals surface area contributed by atoms with Crippen LogP contribution in [0.25, 0.3) is 5.69 Å². The Labute approximate surface area is 158 Å². The minimum atomic E-state index is -0.124. The summed E-state index contributed by atoms with van der Waals surface area (Å²) in [6.07, 6.45) is 3.50. The second kappa shape index (κ2) is 7.48. The molecule has 1 aromatic carbocycles. The molecule has 2 aromatic rings. The van der Waals surface area contributed by atoms with E-state index in [4.69, 9.17) is 0 Å². The molecular weight excluding hydrogens is 344 g/mol. The number of aromatic nitrogens is 3. The summed E-state index contributed by atoms with van der Waals surface area (Å²) in [5, 5.41) is 11.3. The smallest absolute Gasteiger partial charge is 0.276 e. The highest BCUT2D eigenvalue weighted by atomic mass is 16.2. The molecule has 1 atom stereocenters. The predicted octanol–water partition coefficient (Wildman–Crippen LogP) is 0.612. The average molecular weight is 368 g/mol. The molecule has 1 unspecified atom stereocenters. The van der Waals surface area contributed by atoms with Crippen LogP contribution in [0.2, 0.25) is 0 Å². The van der Waals surface area contributed by atoms with E-state index in [9.17, 15) is 9.59 Å². The number of carbonyl (C=O) groups excluding carboxylic acids is 2. The van der Waals surface area contributed by atoms with Crippen LogP contribution in [-0.2, 0) is 4.79 Å². The van der Waals surface area contributed by atoms with E-state index in [1.54, 1.807) is 15.8 Å². The number of carbonyl (C=O) groups is 2. The molecule has 27 heavy (non-hydrogen) atoms. The Kier molecular flexibility index (Phi) is 4.89. The van der Waals surface area contributed by atoms with Gasteiger partial charge in [-0.1, -0.05) is 22.9 Å². The predicted molar refractivity (Wildman–Crippen MR) is 99.6 cm³/mol. The molecule has 0 radical (unpaired) electrons. The van der Waals surface area contributed by atoms with Crippen LogP contribution in [0.5, 0.6) is 0 Å². The van der Waals surface area contributed by atoms with Crippen molar-refractivity contribution in [3.63, 3.8) is 0 Å². The molecule has 0 bridgehead atoms. The van der Waals surface area contributed by atoms with Gasteiger partial charge in [0, 0.05) is 32.2 Å². The third-order valence-corrected chi connectivity index (χ3v) is 5.26. The van der Waals surface area contributed by atoms with Crippen LogP contribution < -0.4 is 5.32 Å². The highest BCUT2D eigenvalue weighted by Gasteiger charge is 2.32. The highest BCUT2D eigenvalue weighted by molar-refractivity contribution is 5.92. The van der Waals surface area contributed by atoms with Gasteiger partial charge in [-0.2, -0.15) is 0 Å². The van der Waals surface area contributed by atoms with Crippen molar-refractivity contribution in [2.75, 3.05) is 32.7 Å². The zero-order valence-corrected chi connectivity index (χ0v) is 15.5. The van der Waals surface area contributed by atoms with E-state index < -0.39 is 0 Å². The molecule has 142 valence electrons. The number of amides is 2. The number of piperazine rings is 1. The van der Waals surface area contributed by atoms with Crippen molar-refractivity contribution in [1.29, 1.82) is 0 Å². The van der Waals surface area contributed by atoms with Gasteiger partial charge in [-0.3, -0.25) is 9.59 Å². The van der Waals surface area contributed by atoms with Crippen LogP contribution in [0.15, 0.2) is 30.5 Å². The summed E-state index contributed by atoms with van der Waals surface area (Å²) in [5.74, 6) is -0.00786. The van der Waals surface area contributed by atoms with Crippen molar-refractivity contribution in [3.05, 3.63) is 41.7 Å². The van der Waals surface area contributed by atoms with Crippen LogP contribution in [-0.4, -0.2) is 75.4 Å². The van der Waals surface area contributed by atoms with Crippen LogP contribution in [0.4, 0.5) is 0 Å². The number of benzene rings is 1. The van der Waals surface area contributed by atoms with E-state index in [1.165, 1.54) is 0 Å². The fourth-order valence-corrected chi connectivity index (χ4v) is 3.75. The van der Waals surface area contributed by atoms with E-state index in [-0.39, 0.29) is 17.9 Å². The Balaban J connectivity index is 1.46. The maximum atomic E-state index is 12.9. The molecule has 2 fully saturated rings. The lowest BCUT2D eigenvalue weighted by molar-refractivity contribution is -0.135. The van der Waals surface area contributed by atoms with Crippen LogP contribution in [0.3, 0.4) is 0 Å². The third-order valence-electron chi connectivity index (χ3n) is 5.26. The summed E-state index contributed by atoms with van der Waals surface area (Å²) >= 11 is 0. The molecule has 8 heteroatoms. The summed E-state index contributed by atoms with van der Waals surface area (Å²) in [7, 11) is 0. The third kappa shape index (κ3) is 3.71. The van der Waals surface area contributed by atoms with Gasteiger partial charge in [-0.05, 0) is 31.9 Å². The van der Waals surface area contributed by atoms with Gasteiger partial charge in [0.15, 0.2) is 5.69 Å². The standard InChI is InChI=1S/C19H24N6O2/c1-14-4-6-15(7-5-14)25-13-17(21-22-25)19(27)23-9-2-3-16(12-23)24-10-8-20-11-18(24)26/h4-7,13,16,20H,2-3,8-12H2,1H3. The van der Waals surface area contributed by atoms with Crippen molar-refractivity contribution in [3.8, 4) is 5.69 Å². The minimum Gasteiger partial charge on any atom is -0.336 e. The molecule has 4 rings (SSSR count). The maximum absolute atomic E-state index is 12.9. The fourth-order valence-electron chi connectivity index (χ4n) is 3.75. The summed E-state index contributed by atoms with van der Waals surface area (Å²) in [4.78, 5) is 28.8. The minimum absolute atomic E-state index is 0.0874. The van der Waals surface area contributed by atoms with Gasteiger partial charge >= 0.3 is 0 Å². The lowest BCUT2D eigenvalue weighted by Crippen LogP contribution is -2.57. The van der Waals surface area contributed by atoms with Crippen molar-refractivity contribution >= 4 is 11.8 Å². The summed E-state index contributed by atoms with van der Waals surface area (Å²) < 4.78 is 1.62. The fraction of sp³-hybridized carbons (Fsp3) is 0.474. The molecule has 2 saturated heterocycles. The Bertz CT molecular complexity index is 831. The summed E-state index contributed by atoms with van der Waals surface area (Å²) in [5.41, 5.74) is 2.37. The number of nitrogens with zero attached hydrogens (tertiary/aromatic N) is 5. The Morgan fingerprint density at radius 2 is 2.04 bits per heavy atom. The molecule has 3 heterocycles. The Morgan fingerprint density at radius 1 is 1.22 bits per heavy atom. The molecule has 0 saturated carbocycles. The van der Waals surface area contributed by atoms with Gasteiger partial charge in [-0.15, -0.1) is 5.10 Å². The molecule has 2 aliphatic rings. The van der Waals surface area contributed by atoms with Gasteiger partial charge < -0.3 is 15.1 Å². The van der Waals surface area contributed by atoms with E-state index in [2.05, 4.69) is 15.6 Å². The van der Waals surface area contributed by atoms with Crippen LogP contribution >= 0.6 is 0 Å². The van der Waals surface area contributed by atoms with Crippen molar-refractivity contribution < 1.29 is 9.59 Å². The summed E-state index contributed by atoms with van der Waals surface area (Å²) in [6, 6.07) is 7.98. The first-order chi connectivity index (χ1) is 13.1. The van der Waals surface area contributed by atoms with Gasteiger partial charge in [0.2, 0.25) is 5.91 Å². The zero-order valence-electron chi connectivity index (χ0n) is 15.5. The molecule has 0 spiro atoms. The van der Waals surface area contributed by atoms with Gasteiger partial charge in [0.1, 0.15) is 0 Å². The van der Waals surface area contributed by atoms with Crippen LogP contribution in [0, 0.1) is 6.92 Å². The lowest BCUT2D eigenvalue weighted by atomic mass is 10.0. The Hall–Kier alpha value is -2.74. The number of likely N-dealkylation sites (tertiary alicyclic amines) is 1.